The average Bonchev–Trinajstić information content (AvgIpc) is 3.27. The molecule has 150 valence electrons. The molecule has 5 rings (SSSR count). The summed E-state index contributed by atoms with van der Waals surface area (Å²) in [5.74, 6) is -1.19. The Labute approximate surface area is 183 Å². The molecule has 2 aliphatic rings. The predicted octanol–water partition coefficient (Wildman–Crippen LogP) is 4.81. The molecule has 0 aliphatic carbocycles. The maximum Gasteiger partial charge on any atom is 0.266 e. The van der Waals surface area contributed by atoms with Crippen molar-refractivity contribution in [3.8, 4) is 0 Å². The zero-order valence-corrected chi connectivity index (χ0v) is 17.8. The molecular weight excluding hydrogens is 444 g/mol. The number of hydrogen-bond acceptors (Lipinski definition) is 4. The smallest absolute Gasteiger partial charge is 0.266 e. The molecule has 2 fully saturated rings. The van der Waals surface area contributed by atoms with Crippen LogP contribution in [0, 0.1) is 12.8 Å². The quantitative estimate of drug-likeness (QED) is 0.524. The Hall–Kier alpha value is -2.96. The zero-order chi connectivity index (χ0) is 20.8. The molecule has 3 atom stereocenters. The third-order valence-electron chi connectivity index (χ3n) is 5.63. The van der Waals surface area contributed by atoms with Crippen LogP contribution in [0.25, 0.3) is 0 Å². The number of rotatable bonds is 3. The summed E-state index contributed by atoms with van der Waals surface area (Å²) in [6.45, 7) is 1.97. The van der Waals surface area contributed by atoms with Crippen LogP contribution < -0.4 is 9.96 Å². The number of hydroxylamine groups is 1. The van der Waals surface area contributed by atoms with E-state index in [4.69, 9.17) is 4.84 Å². The normalized spacial score (nSPS) is 23.2. The number of carbonyl (C=O) groups is 2. The summed E-state index contributed by atoms with van der Waals surface area (Å²) in [7, 11) is 0. The third kappa shape index (κ3) is 3.04. The molecule has 0 radical (unpaired) electrons. The SMILES string of the molecule is Cc1ccc(N2C(=O)[C@@H]3[C@@H](ON(c4ccccc4)[C@H]3c3ccc(Br)cc3)C2=O)cc1. The van der Waals surface area contributed by atoms with Crippen LogP contribution in [0.3, 0.4) is 0 Å². The van der Waals surface area contributed by atoms with Gasteiger partial charge >= 0.3 is 0 Å². The highest BCUT2D eigenvalue weighted by Crippen LogP contribution is 2.47. The molecule has 2 saturated heterocycles. The highest BCUT2D eigenvalue weighted by atomic mass is 79.9. The van der Waals surface area contributed by atoms with E-state index in [2.05, 4.69) is 15.9 Å². The molecule has 0 aromatic heterocycles. The molecule has 3 aromatic carbocycles. The standard InChI is InChI=1S/C24H19BrN2O3/c1-15-7-13-18(14-8-15)26-23(28)20-21(16-9-11-17(25)12-10-16)27(30-22(20)24(26)29)19-5-3-2-4-6-19/h2-14,20-22H,1H3/t20-,21-,22+/m0/s1. The van der Waals surface area contributed by atoms with E-state index < -0.39 is 18.1 Å². The van der Waals surface area contributed by atoms with Gasteiger partial charge in [-0.1, -0.05) is 64.0 Å². The minimum Gasteiger partial charge on any atom is -0.273 e. The molecule has 2 aliphatic heterocycles. The lowest BCUT2D eigenvalue weighted by molar-refractivity contribution is -0.126. The van der Waals surface area contributed by atoms with Crippen molar-refractivity contribution in [2.45, 2.75) is 19.1 Å². The van der Waals surface area contributed by atoms with Gasteiger partial charge in [0.25, 0.3) is 5.91 Å². The number of benzene rings is 3. The number of aryl methyl sites for hydroxylation is 1. The summed E-state index contributed by atoms with van der Waals surface area (Å²) in [4.78, 5) is 34.1. The van der Waals surface area contributed by atoms with Crippen LogP contribution in [0.15, 0.2) is 83.3 Å². The number of anilines is 2. The van der Waals surface area contributed by atoms with Crippen molar-refractivity contribution < 1.29 is 14.4 Å². The van der Waals surface area contributed by atoms with Crippen molar-refractivity contribution in [2.24, 2.45) is 5.92 Å². The van der Waals surface area contributed by atoms with Crippen LogP contribution >= 0.6 is 15.9 Å². The number of hydrogen-bond donors (Lipinski definition) is 0. The fourth-order valence-electron chi connectivity index (χ4n) is 4.16. The van der Waals surface area contributed by atoms with Crippen molar-refractivity contribution >= 4 is 39.1 Å². The molecule has 0 N–H and O–H groups in total. The number of fused-ring (bicyclic) bond motifs is 1. The van der Waals surface area contributed by atoms with E-state index in [9.17, 15) is 9.59 Å². The second-order valence-corrected chi connectivity index (χ2v) is 8.47. The number of carbonyl (C=O) groups excluding carboxylic acids is 2. The first-order valence-electron chi connectivity index (χ1n) is 9.75. The van der Waals surface area contributed by atoms with Gasteiger partial charge in [-0.15, -0.1) is 0 Å². The Morgan fingerprint density at radius 3 is 2.13 bits per heavy atom. The number of amides is 2. The Morgan fingerprint density at radius 2 is 1.47 bits per heavy atom. The fraction of sp³-hybridized carbons (Fsp3) is 0.167. The fourth-order valence-corrected chi connectivity index (χ4v) is 4.42. The molecule has 0 unspecified atom stereocenters. The summed E-state index contributed by atoms with van der Waals surface area (Å²) in [6, 6.07) is 24.4. The molecule has 2 heterocycles. The second kappa shape index (κ2) is 7.38. The first-order valence-corrected chi connectivity index (χ1v) is 10.5. The second-order valence-electron chi connectivity index (χ2n) is 7.56. The van der Waals surface area contributed by atoms with E-state index in [0.29, 0.717) is 5.69 Å². The van der Waals surface area contributed by atoms with E-state index in [0.717, 1.165) is 21.3 Å². The van der Waals surface area contributed by atoms with Gasteiger partial charge < -0.3 is 0 Å². The molecule has 0 saturated carbocycles. The van der Waals surface area contributed by atoms with Crippen molar-refractivity contribution in [1.82, 2.24) is 0 Å². The lowest BCUT2D eigenvalue weighted by atomic mass is 9.90. The first-order chi connectivity index (χ1) is 14.5. The summed E-state index contributed by atoms with van der Waals surface area (Å²) in [5.41, 5.74) is 3.37. The Balaban J connectivity index is 1.58. The molecule has 30 heavy (non-hydrogen) atoms. The highest BCUT2D eigenvalue weighted by Gasteiger charge is 2.60. The van der Waals surface area contributed by atoms with Crippen LogP contribution in [0.4, 0.5) is 11.4 Å². The lowest BCUT2D eigenvalue weighted by Gasteiger charge is -2.28. The minimum atomic E-state index is -0.854. The third-order valence-corrected chi connectivity index (χ3v) is 6.16. The van der Waals surface area contributed by atoms with Gasteiger partial charge in [-0.3, -0.25) is 14.4 Å². The topological polar surface area (TPSA) is 49.9 Å². The van der Waals surface area contributed by atoms with Gasteiger partial charge in [0, 0.05) is 4.47 Å². The predicted molar refractivity (Wildman–Crippen MR) is 118 cm³/mol. The van der Waals surface area contributed by atoms with Crippen LogP contribution in [0.5, 0.6) is 0 Å². The van der Waals surface area contributed by atoms with E-state index in [1.807, 2.05) is 73.7 Å². The number of nitrogens with zero attached hydrogens (tertiary/aromatic N) is 2. The summed E-state index contributed by atoms with van der Waals surface area (Å²) >= 11 is 3.46. The molecule has 6 heteroatoms. The Kier molecular flexibility index (Phi) is 4.68. The van der Waals surface area contributed by atoms with Gasteiger partial charge in [0.15, 0.2) is 6.10 Å². The molecule has 3 aromatic rings. The van der Waals surface area contributed by atoms with Crippen LogP contribution in [0.1, 0.15) is 17.2 Å². The maximum atomic E-state index is 13.5. The van der Waals surface area contributed by atoms with Crippen LogP contribution in [-0.4, -0.2) is 17.9 Å². The van der Waals surface area contributed by atoms with Crippen LogP contribution in [0.2, 0.25) is 0 Å². The number of para-hydroxylation sites is 1. The van der Waals surface area contributed by atoms with Crippen molar-refractivity contribution in [1.29, 1.82) is 0 Å². The molecular formula is C24H19BrN2O3. The van der Waals surface area contributed by atoms with Gasteiger partial charge in [0.1, 0.15) is 5.92 Å². The number of imide groups is 1. The maximum absolute atomic E-state index is 13.5. The van der Waals surface area contributed by atoms with Crippen molar-refractivity contribution in [3.05, 3.63) is 94.5 Å². The monoisotopic (exact) mass is 462 g/mol. The molecule has 0 spiro atoms. The Morgan fingerprint density at radius 1 is 0.800 bits per heavy atom. The van der Waals surface area contributed by atoms with E-state index in [-0.39, 0.29) is 11.8 Å². The summed E-state index contributed by atoms with van der Waals surface area (Å²) in [5, 5.41) is 1.71. The van der Waals surface area contributed by atoms with Crippen LogP contribution in [-0.2, 0) is 14.4 Å². The van der Waals surface area contributed by atoms with E-state index in [1.165, 1.54) is 4.90 Å². The largest absolute Gasteiger partial charge is 0.273 e. The summed E-state index contributed by atoms with van der Waals surface area (Å²) < 4.78 is 0.947. The summed E-state index contributed by atoms with van der Waals surface area (Å²) in [6.07, 6.45) is -0.854. The minimum absolute atomic E-state index is 0.236. The molecule has 2 amide bonds. The van der Waals surface area contributed by atoms with Gasteiger partial charge in [0.2, 0.25) is 5.91 Å². The van der Waals surface area contributed by atoms with Gasteiger partial charge in [0.05, 0.1) is 17.4 Å². The van der Waals surface area contributed by atoms with Crippen molar-refractivity contribution in [2.75, 3.05) is 9.96 Å². The van der Waals surface area contributed by atoms with Crippen molar-refractivity contribution in [3.63, 3.8) is 0 Å². The van der Waals surface area contributed by atoms with Gasteiger partial charge in [-0.05, 0) is 48.9 Å². The van der Waals surface area contributed by atoms with E-state index in [1.54, 1.807) is 17.2 Å². The van der Waals surface area contributed by atoms with Gasteiger partial charge in [-0.25, -0.2) is 9.96 Å². The Bertz CT molecular complexity index is 1100. The zero-order valence-electron chi connectivity index (χ0n) is 16.2. The lowest BCUT2D eigenvalue weighted by Crippen LogP contribution is -2.37. The van der Waals surface area contributed by atoms with Gasteiger partial charge in [-0.2, -0.15) is 0 Å². The average molecular weight is 463 g/mol. The molecule has 0 bridgehead atoms. The van der Waals surface area contributed by atoms with E-state index >= 15 is 0 Å². The first kappa shape index (κ1) is 19.0. The molecule has 5 nitrogen and oxygen atoms in total. The number of halogens is 1. The highest BCUT2D eigenvalue weighted by molar-refractivity contribution is 9.10.